The van der Waals surface area contributed by atoms with E-state index in [1.807, 2.05) is 13.1 Å². The van der Waals surface area contributed by atoms with E-state index < -0.39 is 0 Å². The molecule has 0 bridgehead atoms. The summed E-state index contributed by atoms with van der Waals surface area (Å²) in [5.41, 5.74) is 1.49. The molecule has 1 N–H and O–H groups in total. The van der Waals surface area contributed by atoms with Gasteiger partial charge in [-0.15, -0.1) is 24.0 Å². The molecule has 2 fully saturated rings. The molecule has 168 valence electrons. The number of benzene rings is 1. The normalized spacial score (nSPS) is 19.2. The molecule has 1 saturated carbocycles. The van der Waals surface area contributed by atoms with Crippen LogP contribution in [0.1, 0.15) is 31.2 Å². The lowest BCUT2D eigenvalue weighted by molar-refractivity contribution is 0.174. The van der Waals surface area contributed by atoms with Crippen molar-refractivity contribution < 1.29 is 9.47 Å². The Balaban J connectivity index is 0.00000231. The Morgan fingerprint density at radius 1 is 1.19 bits per heavy atom. The molecule has 1 aromatic heterocycles. The van der Waals surface area contributed by atoms with Gasteiger partial charge in [0.05, 0.1) is 0 Å². The minimum atomic E-state index is 0. The van der Waals surface area contributed by atoms with Gasteiger partial charge < -0.3 is 24.6 Å². The predicted octanol–water partition coefficient (Wildman–Crippen LogP) is 2.88. The van der Waals surface area contributed by atoms with E-state index >= 15 is 0 Å². The number of hydrogen-bond acceptors (Lipinski definition) is 7. The fourth-order valence-corrected chi connectivity index (χ4v) is 4.95. The van der Waals surface area contributed by atoms with Gasteiger partial charge in [0.15, 0.2) is 17.5 Å². The maximum Gasteiger partial charge on any atom is 0.231 e. The summed E-state index contributed by atoms with van der Waals surface area (Å²) < 4.78 is 15.4. The van der Waals surface area contributed by atoms with Gasteiger partial charge in [0.2, 0.25) is 11.9 Å². The van der Waals surface area contributed by atoms with E-state index in [1.165, 1.54) is 29.9 Å². The molecule has 0 unspecified atom stereocenters. The summed E-state index contributed by atoms with van der Waals surface area (Å²) in [5.74, 6) is 3.63. The molecular formula is C21H29IN6O2S. The Morgan fingerprint density at radius 3 is 2.65 bits per heavy atom. The highest BCUT2D eigenvalue weighted by atomic mass is 127. The van der Waals surface area contributed by atoms with Gasteiger partial charge >= 0.3 is 0 Å². The Labute approximate surface area is 204 Å². The summed E-state index contributed by atoms with van der Waals surface area (Å²) >= 11 is 1.51. The molecule has 0 atom stereocenters. The van der Waals surface area contributed by atoms with Crippen molar-refractivity contribution in [3.05, 3.63) is 29.6 Å². The van der Waals surface area contributed by atoms with Crippen molar-refractivity contribution in [3.8, 4) is 11.5 Å². The van der Waals surface area contributed by atoms with Crippen molar-refractivity contribution in [1.29, 1.82) is 0 Å². The van der Waals surface area contributed by atoms with Crippen LogP contribution in [-0.2, 0) is 11.8 Å². The molecule has 1 aromatic carbocycles. The SMILES string of the molecule is CCc1nsc(N2CCN(C(=NC)NCC3(c4ccc5c(c4)OCO5)CC3)CC2)n1.I. The van der Waals surface area contributed by atoms with Crippen LogP contribution >= 0.6 is 35.5 Å². The molecule has 1 saturated heterocycles. The number of nitrogens with one attached hydrogen (secondary N) is 1. The standard InChI is InChI=1S/C21H28N6O2S.HI/c1-3-18-24-20(30-25-18)27-10-8-26(9-11-27)19(22-2)23-13-21(6-7-21)15-4-5-16-17(12-15)29-14-28-16;/h4-5,12H,3,6-11,13-14H2,1-2H3,(H,22,23);1H. The summed E-state index contributed by atoms with van der Waals surface area (Å²) in [4.78, 5) is 13.8. The second-order valence-electron chi connectivity index (χ2n) is 8.07. The Bertz CT molecular complexity index is 940. The van der Waals surface area contributed by atoms with E-state index in [1.54, 1.807) is 0 Å². The first kappa shape index (κ1) is 22.4. The van der Waals surface area contributed by atoms with Gasteiger partial charge in [-0.1, -0.05) is 13.0 Å². The van der Waals surface area contributed by atoms with Crippen LogP contribution in [0.5, 0.6) is 11.5 Å². The summed E-state index contributed by atoms with van der Waals surface area (Å²) in [7, 11) is 1.87. The molecule has 3 heterocycles. The van der Waals surface area contributed by atoms with Gasteiger partial charge in [-0.2, -0.15) is 4.37 Å². The Kier molecular flexibility index (Phi) is 6.75. The second kappa shape index (κ2) is 9.35. The molecule has 2 aromatic rings. The third-order valence-corrected chi connectivity index (χ3v) is 7.07. The van der Waals surface area contributed by atoms with Crippen molar-refractivity contribution in [3.63, 3.8) is 0 Å². The van der Waals surface area contributed by atoms with E-state index in [2.05, 4.69) is 48.5 Å². The van der Waals surface area contributed by atoms with Gasteiger partial charge in [0, 0.05) is 63.1 Å². The number of aromatic nitrogens is 2. The molecule has 0 radical (unpaired) electrons. The van der Waals surface area contributed by atoms with Crippen molar-refractivity contribution in [1.82, 2.24) is 19.6 Å². The number of ether oxygens (including phenoxy) is 2. The van der Waals surface area contributed by atoms with E-state index in [4.69, 9.17) is 9.47 Å². The highest BCUT2D eigenvalue weighted by molar-refractivity contribution is 14.0. The fraction of sp³-hybridized carbons (Fsp3) is 0.571. The molecule has 2 aliphatic heterocycles. The number of halogens is 1. The zero-order valence-corrected chi connectivity index (χ0v) is 21.1. The first-order chi connectivity index (χ1) is 14.7. The maximum atomic E-state index is 5.57. The molecule has 8 nitrogen and oxygen atoms in total. The number of anilines is 1. The number of nitrogens with zero attached hydrogens (tertiary/aromatic N) is 5. The van der Waals surface area contributed by atoms with Crippen molar-refractivity contribution in [2.45, 2.75) is 31.6 Å². The largest absolute Gasteiger partial charge is 0.454 e. The van der Waals surface area contributed by atoms with Gasteiger partial charge in [-0.05, 0) is 30.5 Å². The summed E-state index contributed by atoms with van der Waals surface area (Å²) in [6, 6.07) is 6.35. The third-order valence-electron chi connectivity index (χ3n) is 6.26. The average molecular weight is 556 g/mol. The first-order valence-corrected chi connectivity index (χ1v) is 11.4. The van der Waals surface area contributed by atoms with Crippen molar-refractivity contribution in [2.75, 3.05) is 51.5 Å². The van der Waals surface area contributed by atoms with Crippen LogP contribution in [0.3, 0.4) is 0 Å². The molecule has 10 heteroatoms. The molecule has 0 spiro atoms. The lowest BCUT2D eigenvalue weighted by atomic mass is 9.95. The average Bonchev–Trinajstić information content (AvgIpc) is 3.21. The van der Waals surface area contributed by atoms with Gasteiger partial charge in [-0.3, -0.25) is 4.99 Å². The predicted molar refractivity (Wildman–Crippen MR) is 133 cm³/mol. The lowest BCUT2D eigenvalue weighted by Crippen LogP contribution is -2.53. The van der Waals surface area contributed by atoms with E-state index in [0.717, 1.165) is 67.6 Å². The fourth-order valence-electron chi connectivity index (χ4n) is 4.15. The number of guanidine groups is 1. The number of hydrogen-bond donors (Lipinski definition) is 1. The van der Waals surface area contributed by atoms with Crippen LogP contribution in [0.4, 0.5) is 5.13 Å². The monoisotopic (exact) mass is 556 g/mol. The topological polar surface area (TPSA) is 75.1 Å². The van der Waals surface area contributed by atoms with Crippen LogP contribution in [-0.4, -0.2) is 66.8 Å². The highest BCUT2D eigenvalue weighted by Gasteiger charge is 2.45. The molecule has 3 aliphatic rings. The number of rotatable bonds is 5. The smallest absolute Gasteiger partial charge is 0.231 e. The highest BCUT2D eigenvalue weighted by Crippen LogP contribution is 2.49. The molecule has 5 rings (SSSR count). The van der Waals surface area contributed by atoms with E-state index in [9.17, 15) is 0 Å². The number of aliphatic imine (C=N–C) groups is 1. The summed E-state index contributed by atoms with van der Waals surface area (Å²) in [6.45, 7) is 7.03. The van der Waals surface area contributed by atoms with Crippen LogP contribution < -0.4 is 19.7 Å². The Morgan fingerprint density at radius 2 is 1.97 bits per heavy atom. The van der Waals surface area contributed by atoms with E-state index in [-0.39, 0.29) is 29.4 Å². The molecule has 31 heavy (non-hydrogen) atoms. The van der Waals surface area contributed by atoms with E-state index in [0.29, 0.717) is 6.79 Å². The number of aryl methyl sites for hydroxylation is 1. The quantitative estimate of drug-likeness (QED) is 0.345. The van der Waals surface area contributed by atoms with Gasteiger partial charge in [-0.25, -0.2) is 4.98 Å². The maximum absolute atomic E-state index is 5.57. The summed E-state index contributed by atoms with van der Waals surface area (Å²) in [6.07, 6.45) is 3.25. The second-order valence-corrected chi connectivity index (χ2v) is 8.80. The number of piperazine rings is 1. The molecule has 0 amide bonds. The van der Waals surface area contributed by atoms with Crippen molar-refractivity contribution >= 4 is 46.6 Å². The Hall–Kier alpha value is -1.82. The van der Waals surface area contributed by atoms with Crippen molar-refractivity contribution in [2.24, 2.45) is 4.99 Å². The molecular weight excluding hydrogens is 527 g/mol. The van der Waals surface area contributed by atoms with Gasteiger partial charge in [0.25, 0.3) is 0 Å². The minimum absolute atomic E-state index is 0. The minimum Gasteiger partial charge on any atom is -0.454 e. The first-order valence-electron chi connectivity index (χ1n) is 10.6. The zero-order chi connectivity index (χ0) is 20.6. The van der Waals surface area contributed by atoms with Crippen LogP contribution in [0.15, 0.2) is 23.2 Å². The van der Waals surface area contributed by atoms with Crippen LogP contribution in [0, 0.1) is 0 Å². The number of fused-ring (bicyclic) bond motifs is 1. The van der Waals surface area contributed by atoms with Crippen LogP contribution in [0.2, 0.25) is 0 Å². The third kappa shape index (κ3) is 4.55. The lowest BCUT2D eigenvalue weighted by Gasteiger charge is -2.36. The zero-order valence-electron chi connectivity index (χ0n) is 18.0. The summed E-state index contributed by atoms with van der Waals surface area (Å²) in [5, 5.41) is 4.67. The van der Waals surface area contributed by atoms with Crippen LogP contribution in [0.25, 0.3) is 0 Å². The van der Waals surface area contributed by atoms with Gasteiger partial charge in [0.1, 0.15) is 5.82 Å². The molecule has 1 aliphatic carbocycles.